The van der Waals surface area contributed by atoms with Crippen molar-refractivity contribution in [1.29, 1.82) is 0 Å². The van der Waals surface area contributed by atoms with E-state index in [9.17, 15) is 4.79 Å². The number of amides is 1. The van der Waals surface area contributed by atoms with E-state index < -0.39 is 0 Å². The number of likely N-dealkylation sites (N-methyl/N-ethyl adjacent to an activating group) is 1. The molecule has 1 rings (SSSR count). The van der Waals surface area contributed by atoms with Crippen molar-refractivity contribution in [2.45, 2.75) is 19.5 Å². The first-order chi connectivity index (χ1) is 7.54. The molecule has 1 atom stereocenters. The van der Waals surface area contributed by atoms with Gasteiger partial charge < -0.3 is 10.6 Å². The second-order valence-corrected chi connectivity index (χ2v) is 4.30. The SMILES string of the molecule is CNC(=O)C(C)NCc1cc(Cl)ccc1Cl. The maximum atomic E-state index is 11.3. The highest BCUT2D eigenvalue weighted by atomic mass is 35.5. The van der Waals surface area contributed by atoms with Gasteiger partial charge in [0.1, 0.15) is 0 Å². The minimum Gasteiger partial charge on any atom is -0.358 e. The Hall–Kier alpha value is -0.770. The van der Waals surface area contributed by atoms with Crippen LogP contribution in [-0.4, -0.2) is 19.0 Å². The molecule has 0 aromatic heterocycles. The van der Waals surface area contributed by atoms with E-state index in [1.165, 1.54) is 0 Å². The van der Waals surface area contributed by atoms with E-state index in [-0.39, 0.29) is 11.9 Å². The third-order valence-corrected chi connectivity index (χ3v) is 2.85. The second-order valence-electron chi connectivity index (χ2n) is 3.45. The predicted molar refractivity (Wildman–Crippen MR) is 66.8 cm³/mol. The third kappa shape index (κ3) is 3.67. The summed E-state index contributed by atoms with van der Waals surface area (Å²) in [6, 6.07) is 4.99. The number of benzene rings is 1. The molecule has 0 aliphatic heterocycles. The number of rotatable bonds is 4. The predicted octanol–water partition coefficient (Wildman–Crippen LogP) is 2.22. The molecular weight excluding hydrogens is 247 g/mol. The van der Waals surface area contributed by atoms with Crippen LogP contribution in [0.25, 0.3) is 0 Å². The molecule has 2 N–H and O–H groups in total. The second kappa shape index (κ2) is 6.09. The first kappa shape index (κ1) is 13.3. The number of carbonyl (C=O) groups is 1. The van der Waals surface area contributed by atoms with Crippen LogP contribution < -0.4 is 10.6 Å². The van der Waals surface area contributed by atoms with Gasteiger partial charge in [-0.3, -0.25) is 4.79 Å². The lowest BCUT2D eigenvalue weighted by Gasteiger charge is -2.13. The normalized spacial score (nSPS) is 12.2. The minimum absolute atomic E-state index is 0.0573. The van der Waals surface area contributed by atoms with Crippen LogP contribution in [0.3, 0.4) is 0 Å². The van der Waals surface area contributed by atoms with Crippen molar-refractivity contribution in [3.05, 3.63) is 33.8 Å². The molecule has 1 unspecified atom stereocenters. The molecule has 1 aromatic carbocycles. The molecule has 0 fully saturated rings. The lowest BCUT2D eigenvalue weighted by atomic mass is 10.2. The van der Waals surface area contributed by atoms with Crippen molar-refractivity contribution >= 4 is 29.1 Å². The van der Waals surface area contributed by atoms with Gasteiger partial charge in [-0.2, -0.15) is 0 Å². The van der Waals surface area contributed by atoms with Crippen molar-refractivity contribution in [2.75, 3.05) is 7.05 Å². The zero-order valence-corrected chi connectivity index (χ0v) is 10.7. The Balaban J connectivity index is 2.60. The highest BCUT2D eigenvalue weighted by Gasteiger charge is 2.10. The van der Waals surface area contributed by atoms with Gasteiger partial charge in [0, 0.05) is 23.6 Å². The van der Waals surface area contributed by atoms with Crippen molar-refractivity contribution in [3.8, 4) is 0 Å². The summed E-state index contributed by atoms with van der Waals surface area (Å²) in [4.78, 5) is 11.3. The first-order valence-electron chi connectivity index (χ1n) is 4.93. The van der Waals surface area contributed by atoms with E-state index in [0.29, 0.717) is 16.6 Å². The van der Waals surface area contributed by atoms with Crippen LogP contribution in [-0.2, 0) is 11.3 Å². The molecule has 0 spiro atoms. The van der Waals surface area contributed by atoms with E-state index >= 15 is 0 Å². The van der Waals surface area contributed by atoms with Crippen LogP contribution in [0.1, 0.15) is 12.5 Å². The lowest BCUT2D eigenvalue weighted by molar-refractivity contribution is -0.122. The number of nitrogens with one attached hydrogen (secondary N) is 2. The highest BCUT2D eigenvalue weighted by molar-refractivity contribution is 6.33. The fraction of sp³-hybridized carbons (Fsp3) is 0.364. The summed E-state index contributed by atoms with van der Waals surface area (Å²) in [6.45, 7) is 2.30. The molecule has 16 heavy (non-hydrogen) atoms. The fourth-order valence-electron chi connectivity index (χ4n) is 1.25. The largest absolute Gasteiger partial charge is 0.358 e. The third-order valence-electron chi connectivity index (χ3n) is 2.25. The van der Waals surface area contributed by atoms with Gasteiger partial charge in [-0.15, -0.1) is 0 Å². The smallest absolute Gasteiger partial charge is 0.236 e. The number of halogens is 2. The number of carbonyl (C=O) groups excluding carboxylic acids is 1. The lowest BCUT2D eigenvalue weighted by Crippen LogP contribution is -2.40. The molecule has 0 radical (unpaired) electrons. The number of hydrogen-bond donors (Lipinski definition) is 2. The van der Waals surface area contributed by atoms with Crippen molar-refractivity contribution < 1.29 is 4.79 Å². The fourth-order valence-corrected chi connectivity index (χ4v) is 1.63. The first-order valence-corrected chi connectivity index (χ1v) is 5.69. The van der Waals surface area contributed by atoms with Crippen LogP contribution in [0.5, 0.6) is 0 Å². The quantitative estimate of drug-likeness (QED) is 0.872. The van der Waals surface area contributed by atoms with Gasteiger partial charge in [-0.05, 0) is 30.7 Å². The maximum absolute atomic E-state index is 11.3. The topological polar surface area (TPSA) is 41.1 Å². The monoisotopic (exact) mass is 260 g/mol. The van der Waals surface area contributed by atoms with E-state index in [4.69, 9.17) is 23.2 Å². The Bertz CT molecular complexity index is 382. The van der Waals surface area contributed by atoms with Gasteiger partial charge in [-0.25, -0.2) is 0 Å². The molecule has 3 nitrogen and oxygen atoms in total. The van der Waals surface area contributed by atoms with E-state index in [1.807, 2.05) is 0 Å². The Morgan fingerprint density at radius 1 is 1.44 bits per heavy atom. The van der Waals surface area contributed by atoms with Crippen LogP contribution in [0.15, 0.2) is 18.2 Å². The number of hydrogen-bond acceptors (Lipinski definition) is 2. The average Bonchev–Trinajstić information content (AvgIpc) is 2.28. The van der Waals surface area contributed by atoms with Gasteiger partial charge in [0.15, 0.2) is 0 Å². The average molecular weight is 261 g/mol. The molecule has 5 heteroatoms. The van der Waals surface area contributed by atoms with Gasteiger partial charge in [0.05, 0.1) is 6.04 Å². The van der Waals surface area contributed by atoms with Crippen LogP contribution in [0.2, 0.25) is 10.0 Å². The highest BCUT2D eigenvalue weighted by Crippen LogP contribution is 2.20. The molecule has 0 saturated heterocycles. The summed E-state index contributed by atoms with van der Waals surface area (Å²) >= 11 is 11.9. The molecule has 88 valence electrons. The van der Waals surface area contributed by atoms with Gasteiger partial charge in [-0.1, -0.05) is 23.2 Å². The summed E-state index contributed by atoms with van der Waals surface area (Å²) in [7, 11) is 1.60. The summed E-state index contributed by atoms with van der Waals surface area (Å²) in [5.41, 5.74) is 0.880. The Kier molecular flexibility index (Phi) is 5.06. The Labute approximate surface area is 105 Å². The molecule has 0 saturated carbocycles. The standard InChI is InChI=1S/C11H14Cl2N2O/c1-7(11(16)14-2)15-6-8-5-9(12)3-4-10(8)13/h3-5,7,15H,6H2,1-2H3,(H,14,16). The van der Waals surface area contributed by atoms with Crippen molar-refractivity contribution in [2.24, 2.45) is 0 Å². The summed E-state index contributed by atoms with van der Waals surface area (Å²) < 4.78 is 0. The Morgan fingerprint density at radius 2 is 2.12 bits per heavy atom. The zero-order valence-electron chi connectivity index (χ0n) is 9.18. The van der Waals surface area contributed by atoms with Gasteiger partial charge in [0.2, 0.25) is 5.91 Å². The van der Waals surface area contributed by atoms with Gasteiger partial charge >= 0.3 is 0 Å². The molecule has 0 aliphatic carbocycles. The maximum Gasteiger partial charge on any atom is 0.236 e. The van der Waals surface area contributed by atoms with Crippen LogP contribution >= 0.6 is 23.2 Å². The molecule has 1 amide bonds. The van der Waals surface area contributed by atoms with Crippen molar-refractivity contribution in [3.63, 3.8) is 0 Å². The van der Waals surface area contributed by atoms with Gasteiger partial charge in [0.25, 0.3) is 0 Å². The minimum atomic E-state index is -0.264. The molecule has 0 heterocycles. The van der Waals surface area contributed by atoms with Crippen LogP contribution in [0.4, 0.5) is 0 Å². The molecule has 0 aliphatic rings. The zero-order chi connectivity index (χ0) is 12.1. The van der Waals surface area contributed by atoms with E-state index in [0.717, 1.165) is 5.56 Å². The Morgan fingerprint density at radius 3 is 2.75 bits per heavy atom. The molecule has 0 bridgehead atoms. The van der Waals surface area contributed by atoms with E-state index in [1.54, 1.807) is 32.2 Å². The summed E-state index contributed by atoms with van der Waals surface area (Å²) in [5, 5.41) is 6.90. The van der Waals surface area contributed by atoms with E-state index in [2.05, 4.69) is 10.6 Å². The summed E-state index contributed by atoms with van der Waals surface area (Å²) in [5.74, 6) is -0.0573. The molecular formula is C11H14Cl2N2O. The van der Waals surface area contributed by atoms with Crippen molar-refractivity contribution in [1.82, 2.24) is 10.6 Å². The molecule has 1 aromatic rings. The van der Waals surface area contributed by atoms with Crippen LogP contribution in [0, 0.1) is 0 Å². The summed E-state index contributed by atoms with van der Waals surface area (Å²) in [6.07, 6.45) is 0.